The summed E-state index contributed by atoms with van der Waals surface area (Å²) in [5.41, 5.74) is 2.05. The number of carbonyl (C=O) groups is 1. The summed E-state index contributed by atoms with van der Waals surface area (Å²) < 4.78 is 50.3. The number of benzene rings is 2. The minimum Gasteiger partial charge on any atom is -0.308 e. The van der Waals surface area contributed by atoms with Crippen molar-refractivity contribution in [3.05, 3.63) is 53.6 Å². The first-order valence-corrected chi connectivity index (χ1v) is 13.8. The predicted octanol–water partition coefficient (Wildman–Crippen LogP) is 3.25. The second kappa shape index (κ2) is 9.00. The van der Waals surface area contributed by atoms with Crippen molar-refractivity contribution in [1.82, 2.24) is 0 Å². The topological polar surface area (TPSA) is 91.8 Å². The van der Waals surface area contributed by atoms with Crippen LogP contribution in [0.15, 0.2) is 47.4 Å². The van der Waals surface area contributed by atoms with E-state index in [0.717, 1.165) is 29.0 Å². The summed E-state index contributed by atoms with van der Waals surface area (Å²) in [6, 6.07) is 11.5. The molecule has 0 spiro atoms. The van der Waals surface area contributed by atoms with Crippen molar-refractivity contribution in [3.63, 3.8) is 0 Å². The summed E-state index contributed by atoms with van der Waals surface area (Å²) >= 11 is 0. The van der Waals surface area contributed by atoms with E-state index in [4.69, 9.17) is 0 Å². The second-order valence-corrected chi connectivity index (χ2v) is 11.9. The summed E-state index contributed by atoms with van der Waals surface area (Å²) in [5, 5.41) is 0. The molecule has 0 unspecified atom stereocenters. The molecule has 7 nitrogen and oxygen atoms in total. The van der Waals surface area contributed by atoms with E-state index in [1.54, 1.807) is 47.4 Å². The van der Waals surface area contributed by atoms with Gasteiger partial charge in [-0.2, -0.15) is 0 Å². The number of para-hydroxylation sites is 1. The third-order valence-corrected chi connectivity index (χ3v) is 8.53. The molecule has 1 aliphatic heterocycles. The van der Waals surface area contributed by atoms with Gasteiger partial charge in [0.05, 0.1) is 28.2 Å². The number of fused-ring (bicyclic) bond motifs is 1. The normalized spacial score (nSPS) is 13.8. The van der Waals surface area contributed by atoms with Crippen LogP contribution in [0, 0.1) is 0 Å². The van der Waals surface area contributed by atoms with Crippen LogP contribution >= 0.6 is 0 Å². The number of hydrogen-bond donors (Lipinski definition) is 0. The SMILES string of the molecule is CCCCCS(=O)(=O)c1ccc2c(c1)CCN2C(=O)c1ccccc1N(C)S(C)(=O)=O. The maximum absolute atomic E-state index is 13.3. The fraction of sp³-hybridized carbons (Fsp3) is 0.409. The maximum atomic E-state index is 13.3. The van der Waals surface area contributed by atoms with Gasteiger partial charge in [0.1, 0.15) is 0 Å². The third-order valence-electron chi connectivity index (χ3n) is 5.54. The number of rotatable bonds is 8. The first-order valence-electron chi connectivity index (χ1n) is 10.3. The molecular formula is C22H28N2O5S2. The average Bonchev–Trinajstić information content (AvgIpc) is 3.15. The molecule has 2 aromatic carbocycles. The zero-order valence-electron chi connectivity index (χ0n) is 18.0. The summed E-state index contributed by atoms with van der Waals surface area (Å²) in [5.74, 6) is -0.198. The van der Waals surface area contributed by atoms with E-state index in [1.165, 1.54) is 7.05 Å². The van der Waals surface area contributed by atoms with Gasteiger partial charge < -0.3 is 4.90 Å². The Morgan fingerprint density at radius 3 is 2.45 bits per heavy atom. The molecule has 0 saturated carbocycles. The first-order chi connectivity index (χ1) is 14.6. The molecule has 0 N–H and O–H groups in total. The van der Waals surface area contributed by atoms with Gasteiger partial charge in [0.15, 0.2) is 9.84 Å². The Kier molecular flexibility index (Phi) is 6.76. The van der Waals surface area contributed by atoms with Crippen molar-refractivity contribution in [2.24, 2.45) is 0 Å². The smallest absolute Gasteiger partial charge is 0.260 e. The van der Waals surface area contributed by atoms with Gasteiger partial charge in [-0.25, -0.2) is 16.8 Å². The number of anilines is 2. The number of sulfonamides is 1. The lowest BCUT2D eigenvalue weighted by Crippen LogP contribution is -2.32. The van der Waals surface area contributed by atoms with Crippen LogP contribution in [0.2, 0.25) is 0 Å². The van der Waals surface area contributed by atoms with E-state index in [9.17, 15) is 21.6 Å². The molecule has 0 atom stereocenters. The van der Waals surface area contributed by atoms with E-state index in [2.05, 4.69) is 0 Å². The van der Waals surface area contributed by atoms with Crippen LogP contribution in [0.4, 0.5) is 11.4 Å². The van der Waals surface area contributed by atoms with E-state index in [1.807, 2.05) is 6.92 Å². The molecule has 3 rings (SSSR count). The highest BCUT2D eigenvalue weighted by molar-refractivity contribution is 7.92. The Hall–Kier alpha value is -2.39. The van der Waals surface area contributed by atoms with Crippen LogP contribution in [0.1, 0.15) is 42.1 Å². The highest BCUT2D eigenvalue weighted by Gasteiger charge is 2.30. The molecule has 31 heavy (non-hydrogen) atoms. The highest BCUT2D eigenvalue weighted by atomic mass is 32.2. The summed E-state index contributed by atoms with van der Waals surface area (Å²) in [7, 11) is -5.48. The fourth-order valence-corrected chi connectivity index (χ4v) is 5.63. The molecule has 0 bridgehead atoms. The van der Waals surface area contributed by atoms with Gasteiger partial charge in [0.2, 0.25) is 10.0 Å². The number of amides is 1. The molecule has 0 fully saturated rings. The van der Waals surface area contributed by atoms with Gasteiger partial charge >= 0.3 is 0 Å². The second-order valence-electron chi connectivity index (χ2n) is 7.77. The lowest BCUT2D eigenvalue weighted by molar-refractivity contribution is 0.0990. The van der Waals surface area contributed by atoms with Gasteiger partial charge in [-0.05, 0) is 48.7 Å². The van der Waals surface area contributed by atoms with Crippen LogP contribution in [0.5, 0.6) is 0 Å². The summed E-state index contributed by atoms with van der Waals surface area (Å²) in [4.78, 5) is 15.2. The van der Waals surface area contributed by atoms with Gasteiger partial charge in [-0.3, -0.25) is 9.10 Å². The lowest BCUT2D eigenvalue weighted by atomic mass is 10.1. The number of sulfone groups is 1. The molecule has 1 aliphatic rings. The first kappa shape index (κ1) is 23.3. The van der Waals surface area contributed by atoms with E-state index in [-0.39, 0.29) is 22.1 Å². The van der Waals surface area contributed by atoms with E-state index < -0.39 is 19.9 Å². The number of carbonyl (C=O) groups excluding carboxylic acids is 1. The predicted molar refractivity (Wildman–Crippen MR) is 123 cm³/mol. The molecule has 168 valence electrons. The quantitative estimate of drug-likeness (QED) is 0.559. The molecule has 0 aromatic heterocycles. The fourth-order valence-electron chi connectivity index (χ4n) is 3.70. The molecule has 0 aliphatic carbocycles. The number of nitrogens with zero attached hydrogens (tertiary/aromatic N) is 2. The Labute approximate surface area is 184 Å². The van der Waals surface area contributed by atoms with E-state index in [0.29, 0.717) is 30.8 Å². The Morgan fingerprint density at radius 1 is 1.06 bits per heavy atom. The maximum Gasteiger partial charge on any atom is 0.260 e. The molecular weight excluding hydrogens is 436 g/mol. The van der Waals surface area contributed by atoms with Crippen molar-refractivity contribution in [2.75, 3.05) is 34.8 Å². The standard InChI is InChI=1S/C22H28N2O5S2/c1-4-5-8-15-31(28,29)18-11-12-20-17(16-18)13-14-24(20)22(25)19-9-6-7-10-21(19)23(2)30(3,26)27/h6-7,9-12,16H,4-5,8,13-15H2,1-3H3. The van der Waals surface area contributed by atoms with Gasteiger partial charge in [-0.1, -0.05) is 31.9 Å². The van der Waals surface area contributed by atoms with Crippen molar-refractivity contribution >= 4 is 37.1 Å². The van der Waals surface area contributed by atoms with Crippen LogP contribution < -0.4 is 9.21 Å². The van der Waals surface area contributed by atoms with Crippen molar-refractivity contribution in [2.45, 2.75) is 37.5 Å². The molecule has 1 amide bonds. The van der Waals surface area contributed by atoms with E-state index >= 15 is 0 Å². The monoisotopic (exact) mass is 464 g/mol. The molecule has 1 heterocycles. The molecule has 0 radical (unpaired) electrons. The van der Waals surface area contributed by atoms with Gasteiger partial charge in [0.25, 0.3) is 5.91 Å². The molecule has 9 heteroatoms. The van der Waals surface area contributed by atoms with Crippen molar-refractivity contribution in [1.29, 1.82) is 0 Å². The zero-order chi connectivity index (χ0) is 22.8. The number of unbranched alkanes of at least 4 members (excludes halogenated alkanes) is 2. The van der Waals surface area contributed by atoms with Gasteiger partial charge in [0, 0.05) is 19.3 Å². The largest absolute Gasteiger partial charge is 0.308 e. The zero-order valence-corrected chi connectivity index (χ0v) is 19.7. The summed E-state index contributed by atoms with van der Waals surface area (Å²) in [6.45, 7) is 2.43. The minimum atomic E-state index is -3.53. The van der Waals surface area contributed by atoms with Crippen molar-refractivity contribution < 1.29 is 21.6 Å². The Balaban J connectivity index is 1.90. The van der Waals surface area contributed by atoms with Crippen LogP contribution in [0.25, 0.3) is 0 Å². The highest BCUT2D eigenvalue weighted by Crippen LogP contribution is 2.33. The van der Waals surface area contributed by atoms with Crippen LogP contribution in [0.3, 0.4) is 0 Å². The Morgan fingerprint density at radius 2 is 1.77 bits per heavy atom. The molecule has 0 saturated heterocycles. The average molecular weight is 465 g/mol. The number of hydrogen-bond acceptors (Lipinski definition) is 5. The minimum absolute atomic E-state index is 0.119. The van der Waals surface area contributed by atoms with Crippen molar-refractivity contribution in [3.8, 4) is 0 Å². The summed E-state index contributed by atoms with van der Waals surface area (Å²) in [6.07, 6.45) is 4.08. The van der Waals surface area contributed by atoms with Crippen LogP contribution in [-0.4, -0.2) is 48.3 Å². The van der Waals surface area contributed by atoms with Gasteiger partial charge in [-0.15, -0.1) is 0 Å². The molecule has 2 aromatic rings. The lowest BCUT2D eigenvalue weighted by Gasteiger charge is -2.23. The Bertz CT molecular complexity index is 1190. The van der Waals surface area contributed by atoms with Crippen LogP contribution in [-0.2, 0) is 26.3 Å². The third kappa shape index (κ3) is 4.93.